The van der Waals surface area contributed by atoms with Gasteiger partial charge >= 0.3 is 0 Å². The molecule has 2 N–H and O–H groups in total. The SMILES string of the molecule is Nc1cc(Cl)c(F)cc1N1CCC2CCCCC21. The van der Waals surface area contributed by atoms with E-state index in [0.717, 1.165) is 18.2 Å². The zero-order chi connectivity index (χ0) is 12.7. The van der Waals surface area contributed by atoms with E-state index in [1.165, 1.54) is 44.2 Å². The van der Waals surface area contributed by atoms with Gasteiger partial charge in [-0.05, 0) is 31.2 Å². The Morgan fingerprint density at radius 1 is 1.22 bits per heavy atom. The van der Waals surface area contributed by atoms with Gasteiger partial charge in [0.15, 0.2) is 0 Å². The predicted octanol–water partition coefficient (Wildman–Crippen LogP) is 3.83. The Hall–Kier alpha value is -0.960. The third kappa shape index (κ3) is 1.95. The van der Waals surface area contributed by atoms with Crippen molar-refractivity contribution < 1.29 is 4.39 Å². The van der Waals surface area contributed by atoms with Crippen molar-refractivity contribution >= 4 is 23.0 Å². The molecule has 0 aromatic heterocycles. The van der Waals surface area contributed by atoms with Crippen molar-refractivity contribution in [2.45, 2.75) is 38.1 Å². The Morgan fingerprint density at radius 3 is 2.83 bits per heavy atom. The van der Waals surface area contributed by atoms with Crippen LogP contribution in [-0.4, -0.2) is 12.6 Å². The van der Waals surface area contributed by atoms with Gasteiger partial charge < -0.3 is 10.6 Å². The third-order valence-electron chi connectivity index (χ3n) is 4.39. The molecule has 2 atom stereocenters. The molecule has 1 aromatic rings. The van der Waals surface area contributed by atoms with Crippen LogP contribution in [0.25, 0.3) is 0 Å². The zero-order valence-electron chi connectivity index (χ0n) is 10.3. The summed E-state index contributed by atoms with van der Waals surface area (Å²) >= 11 is 5.76. The van der Waals surface area contributed by atoms with Crippen LogP contribution < -0.4 is 10.6 Å². The van der Waals surface area contributed by atoms with Crippen molar-refractivity contribution in [3.63, 3.8) is 0 Å². The molecule has 18 heavy (non-hydrogen) atoms. The monoisotopic (exact) mass is 268 g/mol. The van der Waals surface area contributed by atoms with Gasteiger partial charge in [-0.25, -0.2) is 4.39 Å². The molecule has 1 saturated heterocycles. The van der Waals surface area contributed by atoms with E-state index in [1.54, 1.807) is 0 Å². The maximum absolute atomic E-state index is 13.6. The molecule has 4 heteroatoms. The topological polar surface area (TPSA) is 29.3 Å². The molecule has 2 unspecified atom stereocenters. The smallest absolute Gasteiger partial charge is 0.144 e. The van der Waals surface area contributed by atoms with Crippen molar-refractivity contribution in [2.24, 2.45) is 5.92 Å². The molecule has 2 nitrogen and oxygen atoms in total. The van der Waals surface area contributed by atoms with Crippen molar-refractivity contribution in [2.75, 3.05) is 17.2 Å². The summed E-state index contributed by atoms with van der Waals surface area (Å²) in [6.45, 7) is 0.987. The second kappa shape index (κ2) is 4.61. The van der Waals surface area contributed by atoms with Crippen LogP contribution in [-0.2, 0) is 0 Å². The van der Waals surface area contributed by atoms with E-state index < -0.39 is 0 Å². The lowest BCUT2D eigenvalue weighted by atomic mass is 9.85. The molecule has 0 amide bonds. The minimum absolute atomic E-state index is 0.107. The summed E-state index contributed by atoms with van der Waals surface area (Å²) in [7, 11) is 0. The summed E-state index contributed by atoms with van der Waals surface area (Å²) in [5.74, 6) is 0.386. The van der Waals surface area contributed by atoms with E-state index >= 15 is 0 Å². The van der Waals surface area contributed by atoms with Crippen LogP contribution in [0.4, 0.5) is 15.8 Å². The number of nitrogen functional groups attached to an aromatic ring is 1. The van der Waals surface area contributed by atoms with Crippen LogP contribution in [0, 0.1) is 11.7 Å². The molecule has 98 valence electrons. The largest absolute Gasteiger partial charge is 0.397 e. The van der Waals surface area contributed by atoms with E-state index in [9.17, 15) is 4.39 Å². The van der Waals surface area contributed by atoms with Gasteiger partial charge in [0, 0.05) is 18.7 Å². The first-order valence-electron chi connectivity index (χ1n) is 6.68. The fourth-order valence-electron chi connectivity index (χ4n) is 3.51. The molecule has 1 aliphatic heterocycles. The van der Waals surface area contributed by atoms with E-state index in [0.29, 0.717) is 11.7 Å². The minimum Gasteiger partial charge on any atom is -0.397 e. The predicted molar refractivity (Wildman–Crippen MR) is 73.5 cm³/mol. The Balaban J connectivity index is 1.93. The Bertz CT molecular complexity index is 463. The highest BCUT2D eigenvalue weighted by molar-refractivity contribution is 6.31. The highest BCUT2D eigenvalue weighted by atomic mass is 35.5. The third-order valence-corrected chi connectivity index (χ3v) is 4.68. The van der Waals surface area contributed by atoms with Gasteiger partial charge in [0.25, 0.3) is 0 Å². The Kier molecular flexibility index (Phi) is 3.10. The number of nitrogens with zero attached hydrogens (tertiary/aromatic N) is 1. The molecule has 1 aliphatic carbocycles. The number of fused-ring (bicyclic) bond motifs is 1. The molecule has 0 bridgehead atoms. The van der Waals surface area contributed by atoms with Gasteiger partial charge in [-0.1, -0.05) is 24.4 Å². The van der Waals surface area contributed by atoms with Crippen LogP contribution in [0.5, 0.6) is 0 Å². The van der Waals surface area contributed by atoms with E-state index in [4.69, 9.17) is 17.3 Å². The molecule has 1 aromatic carbocycles. The summed E-state index contributed by atoms with van der Waals surface area (Å²) in [6.07, 6.45) is 6.31. The van der Waals surface area contributed by atoms with Crippen LogP contribution in [0.2, 0.25) is 5.02 Å². The fraction of sp³-hybridized carbons (Fsp3) is 0.571. The van der Waals surface area contributed by atoms with E-state index in [-0.39, 0.29) is 10.8 Å². The second-order valence-corrected chi connectivity index (χ2v) is 5.83. The molecule has 1 saturated carbocycles. The van der Waals surface area contributed by atoms with Gasteiger partial charge in [0.05, 0.1) is 16.4 Å². The van der Waals surface area contributed by atoms with Gasteiger partial charge in [-0.15, -0.1) is 0 Å². The maximum atomic E-state index is 13.6. The number of anilines is 2. The molecule has 2 aliphatic rings. The number of hydrogen-bond donors (Lipinski definition) is 1. The lowest BCUT2D eigenvalue weighted by Crippen LogP contribution is -2.35. The number of benzene rings is 1. The van der Waals surface area contributed by atoms with Gasteiger partial charge in [0.1, 0.15) is 5.82 Å². The summed E-state index contributed by atoms with van der Waals surface area (Å²) in [6, 6.07) is 3.57. The minimum atomic E-state index is -0.375. The lowest BCUT2D eigenvalue weighted by molar-refractivity contribution is 0.342. The highest BCUT2D eigenvalue weighted by Gasteiger charge is 2.36. The highest BCUT2D eigenvalue weighted by Crippen LogP contribution is 2.41. The average Bonchev–Trinajstić information content (AvgIpc) is 2.78. The van der Waals surface area contributed by atoms with E-state index in [1.807, 2.05) is 0 Å². The maximum Gasteiger partial charge on any atom is 0.144 e. The lowest BCUT2D eigenvalue weighted by Gasteiger charge is -2.33. The van der Waals surface area contributed by atoms with Crippen molar-refractivity contribution in [3.05, 3.63) is 23.0 Å². The number of hydrogen-bond acceptors (Lipinski definition) is 2. The molecule has 3 rings (SSSR count). The molecule has 0 radical (unpaired) electrons. The summed E-state index contributed by atoms with van der Waals surface area (Å²) in [5, 5.41) is 0.107. The Morgan fingerprint density at radius 2 is 2.00 bits per heavy atom. The van der Waals surface area contributed by atoms with Crippen LogP contribution in [0.3, 0.4) is 0 Å². The molecular formula is C14H18ClFN2. The van der Waals surface area contributed by atoms with Crippen molar-refractivity contribution in [3.8, 4) is 0 Å². The van der Waals surface area contributed by atoms with Crippen LogP contribution >= 0.6 is 11.6 Å². The van der Waals surface area contributed by atoms with Gasteiger partial charge in [-0.2, -0.15) is 0 Å². The normalized spacial score (nSPS) is 27.3. The van der Waals surface area contributed by atoms with Crippen LogP contribution in [0.15, 0.2) is 12.1 Å². The van der Waals surface area contributed by atoms with Gasteiger partial charge in [0.2, 0.25) is 0 Å². The number of nitrogens with two attached hydrogens (primary N) is 1. The molecular weight excluding hydrogens is 251 g/mol. The average molecular weight is 269 g/mol. The molecule has 1 heterocycles. The Labute approximate surface area is 112 Å². The summed E-state index contributed by atoms with van der Waals surface area (Å²) in [4.78, 5) is 2.29. The van der Waals surface area contributed by atoms with Crippen molar-refractivity contribution in [1.29, 1.82) is 0 Å². The molecule has 2 fully saturated rings. The first-order valence-corrected chi connectivity index (χ1v) is 7.06. The number of rotatable bonds is 1. The zero-order valence-corrected chi connectivity index (χ0v) is 11.1. The quantitative estimate of drug-likeness (QED) is 0.785. The first kappa shape index (κ1) is 12.1. The summed E-state index contributed by atoms with van der Waals surface area (Å²) < 4.78 is 13.6. The van der Waals surface area contributed by atoms with E-state index in [2.05, 4.69) is 4.90 Å². The standard InChI is InChI=1S/C14H18ClFN2/c15-10-7-12(17)14(8-11(10)16)18-6-5-9-3-1-2-4-13(9)18/h7-9,13H,1-6,17H2. The summed E-state index contributed by atoms with van der Waals surface area (Å²) in [5.41, 5.74) is 7.41. The first-order chi connectivity index (χ1) is 8.66. The second-order valence-electron chi connectivity index (χ2n) is 5.42. The fourth-order valence-corrected chi connectivity index (χ4v) is 3.68. The van der Waals surface area contributed by atoms with Crippen molar-refractivity contribution in [1.82, 2.24) is 0 Å². The van der Waals surface area contributed by atoms with Crippen LogP contribution in [0.1, 0.15) is 32.1 Å². The molecule has 0 spiro atoms. The van der Waals surface area contributed by atoms with Gasteiger partial charge in [-0.3, -0.25) is 0 Å². The number of halogens is 2.